The molecule has 0 bridgehead atoms. The third-order valence-corrected chi connectivity index (χ3v) is 8.28. The van der Waals surface area contributed by atoms with Crippen molar-refractivity contribution in [1.82, 2.24) is 10.2 Å². The molecule has 11 heteroatoms. The number of hydrogen-bond acceptors (Lipinski definition) is 5. The molecule has 3 aromatic carbocycles. The fourth-order valence-corrected chi connectivity index (χ4v) is 5.82. The van der Waals surface area contributed by atoms with Gasteiger partial charge in [0.25, 0.3) is 10.0 Å². The molecule has 0 aliphatic heterocycles. The van der Waals surface area contributed by atoms with E-state index in [9.17, 15) is 18.0 Å². The lowest BCUT2D eigenvalue weighted by Crippen LogP contribution is -2.52. The van der Waals surface area contributed by atoms with Crippen LogP contribution in [0.25, 0.3) is 0 Å². The Morgan fingerprint density at radius 1 is 0.949 bits per heavy atom. The van der Waals surface area contributed by atoms with Crippen molar-refractivity contribution in [2.45, 2.75) is 37.8 Å². The van der Waals surface area contributed by atoms with Crippen LogP contribution in [0, 0.1) is 0 Å². The summed E-state index contributed by atoms with van der Waals surface area (Å²) in [6, 6.07) is 18.3. The molecule has 2 amide bonds. The van der Waals surface area contributed by atoms with Gasteiger partial charge in [0.1, 0.15) is 18.3 Å². The van der Waals surface area contributed by atoms with Gasteiger partial charge in [-0.1, -0.05) is 60.5 Å². The molecule has 208 valence electrons. The summed E-state index contributed by atoms with van der Waals surface area (Å²) in [6.07, 6.45) is 0.317. The number of methoxy groups -OCH3 is 1. The molecule has 0 saturated carbocycles. The Morgan fingerprint density at radius 2 is 1.59 bits per heavy atom. The van der Waals surface area contributed by atoms with Crippen molar-refractivity contribution in [2.75, 3.05) is 24.5 Å². The second-order valence-corrected chi connectivity index (χ2v) is 11.3. The number of amides is 2. The van der Waals surface area contributed by atoms with Crippen LogP contribution >= 0.6 is 23.2 Å². The Morgan fingerprint density at radius 3 is 2.18 bits per heavy atom. The lowest BCUT2D eigenvalue weighted by atomic mass is 10.1. The van der Waals surface area contributed by atoms with Crippen molar-refractivity contribution >= 4 is 50.7 Å². The van der Waals surface area contributed by atoms with Crippen molar-refractivity contribution < 1.29 is 22.7 Å². The number of benzene rings is 3. The zero-order chi connectivity index (χ0) is 28.6. The minimum absolute atomic E-state index is 0.0140. The molecule has 0 aliphatic rings. The summed E-state index contributed by atoms with van der Waals surface area (Å²) in [4.78, 5) is 28.4. The molecule has 3 rings (SSSR count). The molecule has 0 aliphatic carbocycles. The second-order valence-electron chi connectivity index (χ2n) is 8.61. The first-order valence-corrected chi connectivity index (χ1v) is 14.5. The number of anilines is 1. The number of nitrogens with one attached hydrogen (secondary N) is 1. The van der Waals surface area contributed by atoms with Gasteiger partial charge in [-0.25, -0.2) is 8.42 Å². The Labute approximate surface area is 239 Å². The number of likely N-dealkylation sites (N-methyl/N-ethyl adjacent to an activating group) is 1. The van der Waals surface area contributed by atoms with Crippen LogP contribution in [0.15, 0.2) is 77.7 Å². The highest BCUT2D eigenvalue weighted by Gasteiger charge is 2.34. The summed E-state index contributed by atoms with van der Waals surface area (Å²) in [6.45, 7) is 3.43. The third kappa shape index (κ3) is 7.44. The first kappa shape index (κ1) is 30.3. The number of rotatable bonds is 12. The van der Waals surface area contributed by atoms with Crippen molar-refractivity contribution in [1.29, 1.82) is 0 Å². The molecule has 0 saturated heterocycles. The van der Waals surface area contributed by atoms with Gasteiger partial charge in [0.2, 0.25) is 11.8 Å². The number of nitrogens with zero attached hydrogens (tertiary/aromatic N) is 2. The van der Waals surface area contributed by atoms with Gasteiger partial charge >= 0.3 is 0 Å². The first-order valence-electron chi connectivity index (χ1n) is 12.3. The normalized spacial score (nSPS) is 11.9. The maximum absolute atomic E-state index is 14.0. The molecule has 0 radical (unpaired) electrons. The molecule has 39 heavy (non-hydrogen) atoms. The van der Waals surface area contributed by atoms with E-state index in [4.69, 9.17) is 27.9 Å². The van der Waals surface area contributed by atoms with E-state index < -0.39 is 28.5 Å². The van der Waals surface area contributed by atoms with Gasteiger partial charge in [-0.2, -0.15) is 0 Å². The predicted octanol–water partition coefficient (Wildman–Crippen LogP) is 5.14. The summed E-state index contributed by atoms with van der Waals surface area (Å²) in [5, 5.41) is 3.56. The van der Waals surface area contributed by atoms with Crippen LogP contribution in [-0.4, -0.2) is 51.4 Å². The predicted molar refractivity (Wildman–Crippen MR) is 154 cm³/mol. The molecule has 3 aromatic rings. The smallest absolute Gasteiger partial charge is 0.264 e. The maximum Gasteiger partial charge on any atom is 0.264 e. The number of carbonyl (C=O) groups excluding carboxylic acids is 2. The fourth-order valence-electron chi connectivity index (χ4n) is 4.09. The number of halogens is 2. The number of sulfonamides is 1. The SMILES string of the molecule is CCNC(=O)[C@H](CC)N(Cc1ccc(Cl)cc1)C(=O)CN(c1cc(Cl)ccc1OC)S(=O)(=O)c1ccccc1. The van der Waals surface area contributed by atoms with Gasteiger partial charge in [-0.3, -0.25) is 13.9 Å². The van der Waals surface area contributed by atoms with Gasteiger partial charge < -0.3 is 15.0 Å². The van der Waals surface area contributed by atoms with Crippen LogP contribution in [0.5, 0.6) is 5.75 Å². The minimum atomic E-state index is -4.24. The molecule has 0 fully saturated rings. The third-order valence-electron chi connectivity index (χ3n) is 6.02. The summed E-state index contributed by atoms with van der Waals surface area (Å²) in [5.41, 5.74) is 0.827. The van der Waals surface area contributed by atoms with Crippen molar-refractivity contribution in [3.8, 4) is 5.75 Å². The van der Waals surface area contributed by atoms with E-state index in [1.165, 1.54) is 36.3 Å². The standard InChI is InChI=1S/C28H31Cl2N3O5S/c1-4-24(28(35)31-5-2)32(18-20-11-13-21(29)14-12-20)27(34)19-33(25-17-22(30)15-16-26(25)38-3)39(36,37)23-9-7-6-8-10-23/h6-17,24H,4-5,18-19H2,1-3H3,(H,31,35)/t24-/m0/s1. The summed E-state index contributed by atoms with van der Waals surface area (Å²) in [7, 11) is -2.84. The van der Waals surface area contributed by atoms with E-state index >= 15 is 0 Å². The van der Waals surface area contributed by atoms with Crippen LogP contribution in [-0.2, 0) is 26.2 Å². The van der Waals surface area contributed by atoms with Gasteiger partial charge in [0.15, 0.2) is 0 Å². The number of ether oxygens (including phenoxy) is 1. The van der Waals surface area contributed by atoms with Crippen LogP contribution in [0.2, 0.25) is 10.0 Å². The lowest BCUT2D eigenvalue weighted by molar-refractivity contribution is -0.140. The largest absolute Gasteiger partial charge is 0.495 e. The molecular weight excluding hydrogens is 561 g/mol. The zero-order valence-corrected chi connectivity index (χ0v) is 24.3. The van der Waals surface area contributed by atoms with E-state index in [2.05, 4.69) is 5.32 Å². The molecule has 8 nitrogen and oxygen atoms in total. The van der Waals surface area contributed by atoms with Crippen LogP contribution in [0.1, 0.15) is 25.8 Å². The van der Waals surface area contributed by atoms with E-state index in [0.717, 1.165) is 9.87 Å². The van der Waals surface area contributed by atoms with E-state index in [0.29, 0.717) is 18.0 Å². The molecule has 0 spiro atoms. The molecule has 0 heterocycles. The molecule has 0 aromatic heterocycles. The molecule has 0 unspecified atom stereocenters. The van der Waals surface area contributed by atoms with Crippen molar-refractivity contribution in [2.24, 2.45) is 0 Å². The Bertz CT molecular complexity index is 1390. The van der Waals surface area contributed by atoms with E-state index in [1.807, 2.05) is 0 Å². The molecule has 1 atom stereocenters. The van der Waals surface area contributed by atoms with Crippen molar-refractivity contribution in [3.63, 3.8) is 0 Å². The summed E-state index contributed by atoms with van der Waals surface area (Å²) in [5.74, 6) is -0.698. The quantitative estimate of drug-likeness (QED) is 0.314. The highest BCUT2D eigenvalue weighted by molar-refractivity contribution is 7.92. The first-order chi connectivity index (χ1) is 18.6. The monoisotopic (exact) mass is 591 g/mol. The fraction of sp³-hybridized carbons (Fsp3) is 0.286. The average Bonchev–Trinajstić information content (AvgIpc) is 2.93. The molecule has 1 N–H and O–H groups in total. The van der Waals surface area contributed by atoms with Crippen molar-refractivity contribution in [3.05, 3.63) is 88.4 Å². The van der Waals surface area contributed by atoms with Gasteiger partial charge in [-0.15, -0.1) is 0 Å². The van der Waals surface area contributed by atoms with Crippen LogP contribution < -0.4 is 14.4 Å². The highest BCUT2D eigenvalue weighted by Crippen LogP contribution is 2.35. The summed E-state index contributed by atoms with van der Waals surface area (Å²) < 4.78 is 34.2. The second kappa shape index (κ2) is 13.7. The number of carbonyl (C=O) groups is 2. The van der Waals surface area contributed by atoms with E-state index in [-0.39, 0.29) is 33.8 Å². The zero-order valence-electron chi connectivity index (χ0n) is 21.9. The Kier molecular flexibility index (Phi) is 10.6. The average molecular weight is 593 g/mol. The lowest BCUT2D eigenvalue weighted by Gasteiger charge is -2.33. The minimum Gasteiger partial charge on any atom is -0.495 e. The van der Waals surface area contributed by atoms with Crippen LogP contribution in [0.4, 0.5) is 5.69 Å². The van der Waals surface area contributed by atoms with Gasteiger partial charge in [0, 0.05) is 23.1 Å². The van der Waals surface area contributed by atoms with Gasteiger partial charge in [0.05, 0.1) is 17.7 Å². The Hall–Kier alpha value is -3.27. The Balaban J connectivity index is 2.11. The van der Waals surface area contributed by atoms with Gasteiger partial charge in [-0.05, 0) is 61.4 Å². The maximum atomic E-state index is 14.0. The number of hydrogen-bond donors (Lipinski definition) is 1. The molecular formula is C28H31Cl2N3O5S. The van der Waals surface area contributed by atoms with E-state index in [1.54, 1.807) is 62.4 Å². The van der Waals surface area contributed by atoms with Crippen LogP contribution in [0.3, 0.4) is 0 Å². The highest BCUT2D eigenvalue weighted by atomic mass is 35.5. The summed E-state index contributed by atoms with van der Waals surface area (Å²) >= 11 is 12.3. The topological polar surface area (TPSA) is 96.0 Å².